The second-order valence-electron chi connectivity index (χ2n) is 8.75. The Morgan fingerprint density at radius 2 is 1.64 bits per heavy atom. The SMILES string of the molecule is CC(COC(=O)Nc1cccc2ccccc12)NC(=O)OC(C)c1ccc(NC(=O)c2ccccn2)c(Br)c1. The van der Waals surface area contributed by atoms with Crippen LogP contribution in [-0.2, 0) is 9.47 Å². The number of benzene rings is 3. The van der Waals surface area contributed by atoms with Crippen LogP contribution < -0.4 is 16.0 Å². The summed E-state index contributed by atoms with van der Waals surface area (Å²) in [6.45, 7) is 3.38. The predicted octanol–water partition coefficient (Wildman–Crippen LogP) is 6.67. The Morgan fingerprint density at radius 1 is 0.872 bits per heavy atom. The van der Waals surface area contributed by atoms with E-state index in [1.54, 1.807) is 62.5 Å². The largest absolute Gasteiger partial charge is 0.447 e. The molecule has 1 heterocycles. The highest BCUT2D eigenvalue weighted by Gasteiger charge is 2.17. The second kappa shape index (κ2) is 12.9. The minimum absolute atomic E-state index is 0.0453. The number of anilines is 2. The highest BCUT2D eigenvalue weighted by Crippen LogP contribution is 2.28. The van der Waals surface area contributed by atoms with E-state index in [0.29, 0.717) is 27.1 Å². The van der Waals surface area contributed by atoms with Crippen LogP contribution in [0.1, 0.15) is 36.0 Å². The Bertz CT molecular complexity index is 1480. The Kier molecular flexibility index (Phi) is 9.11. The molecule has 0 saturated heterocycles. The average molecular weight is 591 g/mol. The van der Waals surface area contributed by atoms with Crippen molar-refractivity contribution in [3.05, 3.63) is 101 Å². The summed E-state index contributed by atoms with van der Waals surface area (Å²) in [5, 5.41) is 10.1. The zero-order valence-electron chi connectivity index (χ0n) is 21.3. The number of carbonyl (C=O) groups is 3. The molecule has 3 aromatic carbocycles. The summed E-state index contributed by atoms with van der Waals surface area (Å²) < 4.78 is 11.4. The number of fused-ring (bicyclic) bond motifs is 1. The van der Waals surface area contributed by atoms with Gasteiger partial charge >= 0.3 is 12.2 Å². The van der Waals surface area contributed by atoms with Crippen LogP contribution in [0.2, 0.25) is 0 Å². The molecule has 3 N–H and O–H groups in total. The van der Waals surface area contributed by atoms with Gasteiger partial charge in [0, 0.05) is 16.1 Å². The molecule has 4 aromatic rings. The molecule has 0 radical (unpaired) electrons. The summed E-state index contributed by atoms with van der Waals surface area (Å²) in [7, 11) is 0. The topological polar surface area (TPSA) is 119 Å². The normalized spacial score (nSPS) is 12.2. The van der Waals surface area contributed by atoms with Gasteiger partial charge in [-0.25, -0.2) is 9.59 Å². The van der Waals surface area contributed by atoms with Crippen molar-refractivity contribution in [2.75, 3.05) is 17.2 Å². The van der Waals surface area contributed by atoms with Crippen LogP contribution >= 0.6 is 15.9 Å². The van der Waals surface area contributed by atoms with E-state index < -0.39 is 24.3 Å². The van der Waals surface area contributed by atoms with Gasteiger partial charge < -0.3 is 20.1 Å². The minimum atomic E-state index is -0.656. The van der Waals surface area contributed by atoms with Gasteiger partial charge in [-0.2, -0.15) is 0 Å². The predicted molar refractivity (Wildman–Crippen MR) is 153 cm³/mol. The quantitative estimate of drug-likeness (QED) is 0.211. The van der Waals surface area contributed by atoms with E-state index in [9.17, 15) is 14.4 Å². The smallest absolute Gasteiger partial charge is 0.411 e. The number of amides is 3. The number of carbonyl (C=O) groups excluding carboxylic acids is 3. The summed E-state index contributed by atoms with van der Waals surface area (Å²) in [5.41, 5.74) is 2.20. The maximum Gasteiger partial charge on any atom is 0.411 e. The molecule has 2 unspecified atom stereocenters. The van der Waals surface area contributed by atoms with Gasteiger partial charge in [0.1, 0.15) is 18.4 Å². The van der Waals surface area contributed by atoms with E-state index >= 15 is 0 Å². The molecule has 2 atom stereocenters. The second-order valence-corrected chi connectivity index (χ2v) is 9.61. The molecule has 3 amide bonds. The fourth-order valence-corrected chi connectivity index (χ4v) is 4.25. The first-order valence-corrected chi connectivity index (χ1v) is 13.0. The van der Waals surface area contributed by atoms with Gasteiger partial charge in [-0.15, -0.1) is 0 Å². The van der Waals surface area contributed by atoms with Crippen LogP contribution in [0.3, 0.4) is 0 Å². The first-order chi connectivity index (χ1) is 18.8. The Labute approximate surface area is 234 Å². The molecular weight excluding hydrogens is 564 g/mol. The third kappa shape index (κ3) is 7.55. The van der Waals surface area contributed by atoms with Crippen LogP contribution in [0.4, 0.5) is 21.0 Å². The Balaban J connectivity index is 1.24. The molecule has 0 aliphatic rings. The Hall–Kier alpha value is -4.44. The number of nitrogens with zero attached hydrogens (tertiary/aromatic N) is 1. The monoisotopic (exact) mass is 590 g/mol. The molecule has 0 spiro atoms. The van der Waals surface area contributed by atoms with Gasteiger partial charge in [0.2, 0.25) is 0 Å². The lowest BCUT2D eigenvalue weighted by molar-refractivity contribution is 0.0975. The summed E-state index contributed by atoms with van der Waals surface area (Å²) >= 11 is 3.45. The fraction of sp³-hybridized carbons (Fsp3) is 0.172. The fourth-order valence-electron chi connectivity index (χ4n) is 3.76. The highest BCUT2D eigenvalue weighted by molar-refractivity contribution is 9.10. The van der Waals surface area contributed by atoms with Crippen LogP contribution in [-0.4, -0.2) is 35.7 Å². The van der Waals surface area contributed by atoms with Crippen molar-refractivity contribution in [2.45, 2.75) is 26.0 Å². The molecule has 0 aliphatic carbocycles. The number of aromatic nitrogens is 1. The number of hydrogen-bond donors (Lipinski definition) is 3. The molecule has 9 nitrogen and oxygen atoms in total. The third-order valence-corrected chi connectivity index (χ3v) is 6.40. The van der Waals surface area contributed by atoms with Gasteiger partial charge in [-0.3, -0.25) is 15.1 Å². The zero-order valence-corrected chi connectivity index (χ0v) is 22.9. The van der Waals surface area contributed by atoms with Crippen molar-refractivity contribution in [3.8, 4) is 0 Å². The van der Waals surface area contributed by atoms with E-state index in [0.717, 1.165) is 10.8 Å². The molecule has 10 heteroatoms. The van der Waals surface area contributed by atoms with Gasteiger partial charge in [-0.1, -0.05) is 48.5 Å². The van der Waals surface area contributed by atoms with Crippen LogP contribution in [0.15, 0.2) is 89.5 Å². The number of ether oxygens (including phenoxy) is 2. The summed E-state index contributed by atoms with van der Waals surface area (Å²) in [6, 6.07) is 23.1. The van der Waals surface area contributed by atoms with Crippen LogP contribution in [0.5, 0.6) is 0 Å². The van der Waals surface area contributed by atoms with E-state index in [1.165, 1.54) is 0 Å². The van der Waals surface area contributed by atoms with Crippen molar-refractivity contribution in [1.29, 1.82) is 0 Å². The van der Waals surface area contributed by atoms with Crippen molar-refractivity contribution >= 4 is 56.2 Å². The third-order valence-electron chi connectivity index (χ3n) is 5.75. The first-order valence-electron chi connectivity index (χ1n) is 12.2. The molecule has 0 aliphatic heterocycles. The Morgan fingerprint density at radius 3 is 2.41 bits per heavy atom. The minimum Gasteiger partial charge on any atom is -0.447 e. The molecule has 39 heavy (non-hydrogen) atoms. The van der Waals surface area contributed by atoms with Gasteiger partial charge in [0.15, 0.2) is 0 Å². The van der Waals surface area contributed by atoms with Crippen molar-refractivity contribution < 1.29 is 23.9 Å². The lowest BCUT2D eigenvalue weighted by Crippen LogP contribution is -2.37. The molecule has 0 bridgehead atoms. The van der Waals surface area contributed by atoms with Crippen molar-refractivity contribution in [2.24, 2.45) is 0 Å². The summed E-state index contributed by atoms with van der Waals surface area (Å²) in [6.07, 6.45) is -0.311. The van der Waals surface area contributed by atoms with E-state index in [4.69, 9.17) is 9.47 Å². The number of hydrogen-bond acceptors (Lipinski definition) is 6. The first kappa shape index (κ1) is 27.6. The standard InChI is InChI=1S/C29H27BrN4O5/c1-18(17-38-28(36)34-24-12-7-9-20-8-3-4-10-22(20)24)32-29(37)39-19(2)21-13-14-25(23(30)16-21)33-27(35)26-11-5-6-15-31-26/h3-16,18-19H,17H2,1-2H3,(H,32,37)(H,33,35)(H,34,36). The summed E-state index contributed by atoms with van der Waals surface area (Å²) in [5.74, 6) is -0.338. The van der Waals surface area contributed by atoms with Gasteiger partial charge in [0.25, 0.3) is 5.91 Å². The van der Waals surface area contributed by atoms with E-state index in [2.05, 4.69) is 36.9 Å². The van der Waals surface area contributed by atoms with Crippen molar-refractivity contribution in [1.82, 2.24) is 10.3 Å². The molecule has 4 rings (SSSR count). The lowest BCUT2D eigenvalue weighted by atomic mass is 10.1. The molecule has 0 saturated carbocycles. The molecule has 0 fully saturated rings. The van der Waals surface area contributed by atoms with Crippen LogP contribution in [0, 0.1) is 0 Å². The molecule has 1 aromatic heterocycles. The van der Waals surface area contributed by atoms with Crippen molar-refractivity contribution in [3.63, 3.8) is 0 Å². The van der Waals surface area contributed by atoms with Gasteiger partial charge in [-0.05, 0) is 71.1 Å². The highest BCUT2D eigenvalue weighted by atomic mass is 79.9. The maximum absolute atomic E-state index is 12.4. The molecule has 200 valence electrons. The number of alkyl carbamates (subject to hydrolysis) is 1. The number of halogens is 1. The van der Waals surface area contributed by atoms with E-state index in [1.807, 2.05) is 36.4 Å². The summed E-state index contributed by atoms with van der Waals surface area (Å²) in [4.78, 5) is 41.1. The average Bonchev–Trinajstić information content (AvgIpc) is 2.93. The number of rotatable bonds is 8. The van der Waals surface area contributed by atoms with Crippen LogP contribution in [0.25, 0.3) is 10.8 Å². The lowest BCUT2D eigenvalue weighted by Gasteiger charge is -2.19. The number of nitrogens with one attached hydrogen (secondary N) is 3. The maximum atomic E-state index is 12.4. The zero-order chi connectivity index (χ0) is 27.8. The van der Waals surface area contributed by atoms with Gasteiger partial charge in [0.05, 0.1) is 17.4 Å². The number of pyridine rings is 1. The van der Waals surface area contributed by atoms with E-state index in [-0.39, 0.29) is 12.5 Å². The molecular formula is C29H27BrN4O5.